The van der Waals surface area contributed by atoms with Crippen LogP contribution >= 0.6 is 23.4 Å². The van der Waals surface area contributed by atoms with Gasteiger partial charge in [0.2, 0.25) is 15.9 Å². The number of amides is 1. The van der Waals surface area contributed by atoms with Crippen LogP contribution in [0.4, 0.5) is 0 Å². The Bertz CT molecular complexity index is 1630. The van der Waals surface area contributed by atoms with Gasteiger partial charge < -0.3 is 9.64 Å². The maximum absolute atomic E-state index is 13.1. The van der Waals surface area contributed by atoms with Crippen molar-refractivity contribution < 1.29 is 17.9 Å². The van der Waals surface area contributed by atoms with Gasteiger partial charge in [-0.25, -0.2) is 8.42 Å². The fourth-order valence-electron chi connectivity index (χ4n) is 4.93. The Labute approximate surface area is 255 Å². The van der Waals surface area contributed by atoms with E-state index in [1.165, 1.54) is 16.4 Å². The molecule has 1 saturated heterocycles. The summed E-state index contributed by atoms with van der Waals surface area (Å²) in [6.45, 7) is 2.79. The van der Waals surface area contributed by atoms with Crippen molar-refractivity contribution in [3.63, 3.8) is 0 Å². The van der Waals surface area contributed by atoms with E-state index in [0.29, 0.717) is 42.5 Å². The molecule has 1 atom stereocenters. The summed E-state index contributed by atoms with van der Waals surface area (Å²) in [6.07, 6.45) is 1.02. The first-order chi connectivity index (χ1) is 20.3. The van der Waals surface area contributed by atoms with Crippen LogP contribution in [0.25, 0.3) is 17.1 Å². The minimum atomic E-state index is -3.67. The first-order valence-corrected chi connectivity index (χ1v) is 16.4. The van der Waals surface area contributed by atoms with E-state index in [2.05, 4.69) is 10.2 Å². The van der Waals surface area contributed by atoms with Gasteiger partial charge in [0.05, 0.1) is 12.0 Å². The molecule has 1 amide bonds. The third-order valence-electron chi connectivity index (χ3n) is 7.08. The van der Waals surface area contributed by atoms with Crippen molar-refractivity contribution in [1.82, 2.24) is 24.0 Å². The van der Waals surface area contributed by atoms with E-state index in [1.807, 2.05) is 66.1 Å². The normalized spacial score (nSPS) is 16.0. The molecule has 0 bridgehead atoms. The second-order valence-corrected chi connectivity index (χ2v) is 13.3. The van der Waals surface area contributed by atoms with Crippen molar-refractivity contribution in [3.8, 4) is 22.8 Å². The van der Waals surface area contributed by atoms with Crippen LogP contribution in [0.1, 0.15) is 19.8 Å². The zero-order valence-electron chi connectivity index (χ0n) is 23.4. The lowest BCUT2D eigenvalue weighted by atomic mass is 10.2. The smallest absolute Gasteiger partial charge is 0.243 e. The molecule has 1 unspecified atom stereocenters. The summed E-state index contributed by atoms with van der Waals surface area (Å²) in [6, 6.07) is 23.5. The lowest BCUT2D eigenvalue weighted by Crippen LogP contribution is -2.55. The number of halogens is 1. The molecule has 3 aromatic carbocycles. The van der Waals surface area contributed by atoms with Crippen molar-refractivity contribution in [3.05, 3.63) is 83.9 Å². The summed E-state index contributed by atoms with van der Waals surface area (Å²) in [5.41, 5.74) is 1.83. The van der Waals surface area contributed by atoms with Gasteiger partial charge in [0, 0.05) is 54.1 Å². The summed E-state index contributed by atoms with van der Waals surface area (Å²) >= 11 is 7.47. The molecule has 1 aromatic heterocycles. The van der Waals surface area contributed by atoms with Crippen molar-refractivity contribution in [2.45, 2.75) is 35.9 Å². The van der Waals surface area contributed by atoms with Crippen molar-refractivity contribution in [2.24, 2.45) is 0 Å². The maximum Gasteiger partial charge on any atom is 0.243 e. The molecule has 9 nitrogen and oxygen atoms in total. The molecule has 0 N–H and O–H groups in total. The molecule has 0 saturated carbocycles. The molecular formula is C30H32ClN5O4S2. The highest BCUT2D eigenvalue weighted by atomic mass is 35.5. The summed E-state index contributed by atoms with van der Waals surface area (Å²) in [7, 11) is -2.03. The van der Waals surface area contributed by atoms with Crippen molar-refractivity contribution >= 4 is 39.3 Å². The molecule has 0 spiro atoms. The zero-order valence-corrected chi connectivity index (χ0v) is 25.8. The Kier molecular flexibility index (Phi) is 9.52. The third-order valence-corrected chi connectivity index (χ3v) is 10.4. The number of piperazine rings is 1. The van der Waals surface area contributed by atoms with E-state index in [0.717, 1.165) is 22.2 Å². The van der Waals surface area contributed by atoms with Crippen LogP contribution in [-0.4, -0.2) is 76.8 Å². The first kappa shape index (κ1) is 30.1. The molecule has 12 heteroatoms. The molecule has 220 valence electrons. The van der Waals surface area contributed by atoms with Gasteiger partial charge in [0.25, 0.3) is 0 Å². The Hall–Kier alpha value is -3.38. The van der Waals surface area contributed by atoms with Crippen LogP contribution in [0.5, 0.6) is 5.75 Å². The number of nitrogens with zero attached hydrogens (tertiary/aromatic N) is 5. The Morgan fingerprint density at radius 3 is 2.50 bits per heavy atom. The first-order valence-electron chi connectivity index (χ1n) is 13.6. The SMILES string of the molecule is COc1cccc(-c2nnc(SCCCC(=O)N3CCN(S(=O)(=O)c4ccc(Cl)cc4)C(C)C3)n2-c2ccccc2)c1. The summed E-state index contributed by atoms with van der Waals surface area (Å²) < 4.78 is 35.2. The fourth-order valence-corrected chi connectivity index (χ4v) is 7.56. The maximum atomic E-state index is 13.1. The minimum absolute atomic E-state index is 0.0209. The highest BCUT2D eigenvalue weighted by molar-refractivity contribution is 7.99. The van der Waals surface area contributed by atoms with E-state index >= 15 is 0 Å². The van der Waals surface area contributed by atoms with Crippen LogP contribution in [0, 0.1) is 0 Å². The lowest BCUT2D eigenvalue weighted by molar-refractivity contribution is -0.133. The molecule has 42 heavy (non-hydrogen) atoms. The summed E-state index contributed by atoms with van der Waals surface area (Å²) in [5, 5.41) is 10.2. The zero-order chi connectivity index (χ0) is 29.7. The Balaban J connectivity index is 1.19. The number of carbonyl (C=O) groups is 1. The van der Waals surface area contributed by atoms with E-state index in [1.54, 1.807) is 35.9 Å². The number of methoxy groups -OCH3 is 1. The van der Waals surface area contributed by atoms with Gasteiger partial charge in [-0.1, -0.05) is 53.7 Å². The van der Waals surface area contributed by atoms with E-state index in [4.69, 9.17) is 16.3 Å². The molecule has 5 rings (SSSR count). The Morgan fingerprint density at radius 2 is 1.79 bits per heavy atom. The molecular weight excluding hydrogens is 594 g/mol. The largest absolute Gasteiger partial charge is 0.497 e. The molecule has 1 aliphatic rings. The number of aromatic nitrogens is 3. The average molecular weight is 626 g/mol. The van der Waals surface area contributed by atoms with Crippen LogP contribution in [0.15, 0.2) is 88.9 Å². The highest BCUT2D eigenvalue weighted by Gasteiger charge is 2.35. The number of sulfonamides is 1. The van der Waals surface area contributed by atoms with Gasteiger partial charge in [-0.05, 0) is 61.9 Å². The number of ether oxygens (including phenoxy) is 1. The highest BCUT2D eigenvalue weighted by Crippen LogP contribution is 2.30. The van der Waals surface area contributed by atoms with Crippen LogP contribution in [0.3, 0.4) is 0 Å². The molecule has 2 heterocycles. The van der Waals surface area contributed by atoms with Gasteiger partial charge in [-0.2, -0.15) is 4.31 Å². The number of thioether (sulfide) groups is 1. The number of rotatable bonds is 10. The van der Waals surface area contributed by atoms with E-state index in [9.17, 15) is 13.2 Å². The standard InChI is InChI=1S/C30H32ClN5O4S2/c1-22-21-34(17-18-35(22)42(38,39)27-15-13-24(31)14-16-27)28(37)12-7-19-41-30-33-32-29(23-8-6-11-26(20-23)40-2)36(30)25-9-4-3-5-10-25/h3-6,8-11,13-16,20,22H,7,12,17-19,21H2,1-2H3. The van der Waals surface area contributed by atoms with Gasteiger partial charge >= 0.3 is 0 Å². The second-order valence-electron chi connectivity index (χ2n) is 9.92. The van der Waals surface area contributed by atoms with Crippen molar-refractivity contribution in [2.75, 3.05) is 32.5 Å². The summed E-state index contributed by atoms with van der Waals surface area (Å²) in [5.74, 6) is 2.14. The third kappa shape index (κ3) is 6.64. The van der Waals surface area contributed by atoms with Crippen LogP contribution < -0.4 is 4.74 Å². The number of hydrogen-bond acceptors (Lipinski definition) is 7. The van der Waals surface area contributed by atoms with Gasteiger partial charge in [-0.3, -0.25) is 9.36 Å². The number of benzene rings is 3. The van der Waals surface area contributed by atoms with E-state index < -0.39 is 10.0 Å². The fraction of sp³-hybridized carbons (Fsp3) is 0.300. The minimum Gasteiger partial charge on any atom is -0.497 e. The van der Waals surface area contributed by atoms with Crippen LogP contribution in [0.2, 0.25) is 5.02 Å². The number of carbonyl (C=O) groups excluding carboxylic acids is 1. The second kappa shape index (κ2) is 13.3. The predicted octanol–water partition coefficient (Wildman–Crippen LogP) is 5.39. The topological polar surface area (TPSA) is 97.6 Å². The molecule has 4 aromatic rings. The van der Waals surface area contributed by atoms with Crippen LogP contribution in [-0.2, 0) is 14.8 Å². The number of hydrogen-bond donors (Lipinski definition) is 0. The van der Waals surface area contributed by atoms with E-state index in [-0.39, 0.29) is 23.4 Å². The Morgan fingerprint density at radius 1 is 1.02 bits per heavy atom. The van der Waals surface area contributed by atoms with Gasteiger partial charge in [0.15, 0.2) is 11.0 Å². The summed E-state index contributed by atoms with van der Waals surface area (Å²) in [4.78, 5) is 15.0. The molecule has 1 aliphatic heterocycles. The predicted molar refractivity (Wildman–Crippen MR) is 165 cm³/mol. The van der Waals surface area contributed by atoms with Gasteiger partial charge in [-0.15, -0.1) is 10.2 Å². The monoisotopic (exact) mass is 625 g/mol. The average Bonchev–Trinajstić information content (AvgIpc) is 3.43. The quantitative estimate of drug-likeness (QED) is 0.172. The van der Waals surface area contributed by atoms with Gasteiger partial charge in [0.1, 0.15) is 5.75 Å². The molecule has 1 fully saturated rings. The molecule has 0 aliphatic carbocycles. The van der Waals surface area contributed by atoms with Crippen molar-refractivity contribution in [1.29, 1.82) is 0 Å². The lowest BCUT2D eigenvalue weighted by Gasteiger charge is -2.39. The molecule has 0 radical (unpaired) electrons. The number of para-hydroxylation sites is 1.